The second kappa shape index (κ2) is 10.1. The van der Waals surface area contributed by atoms with Gasteiger partial charge in [-0.05, 0) is 18.4 Å². The van der Waals surface area contributed by atoms with Crippen molar-refractivity contribution in [3.05, 3.63) is 41.9 Å². The molecule has 8 nitrogen and oxygen atoms in total. The summed E-state index contributed by atoms with van der Waals surface area (Å²) in [5, 5.41) is 2.53. The minimum Gasteiger partial charge on any atom is -0.453 e. The first kappa shape index (κ1) is 23.6. The molecule has 2 heterocycles. The molecule has 0 aliphatic carbocycles. The molecule has 1 fully saturated rings. The van der Waals surface area contributed by atoms with Crippen molar-refractivity contribution >= 4 is 12.0 Å². The highest BCUT2D eigenvalue weighted by molar-refractivity contribution is 5.86. The van der Waals surface area contributed by atoms with Crippen LogP contribution in [0.4, 0.5) is 13.6 Å². The van der Waals surface area contributed by atoms with Gasteiger partial charge in [0.15, 0.2) is 0 Å². The molecule has 2 aromatic rings. The van der Waals surface area contributed by atoms with Crippen molar-refractivity contribution in [3.8, 4) is 11.3 Å². The van der Waals surface area contributed by atoms with Crippen LogP contribution in [0.25, 0.3) is 11.3 Å². The Hall–Kier alpha value is -3.01. The number of nitrogens with one attached hydrogen (secondary N) is 2. The van der Waals surface area contributed by atoms with Crippen LogP contribution < -0.4 is 5.32 Å². The number of rotatable bonds is 7. The Kier molecular flexibility index (Phi) is 7.44. The maximum absolute atomic E-state index is 13.3. The van der Waals surface area contributed by atoms with Crippen LogP contribution in [0.5, 0.6) is 0 Å². The lowest BCUT2D eigenvalue weighted by molar-refractivity contribution is -0.160. The molecular formula is C22H28F2N4O4. The van der Waals surface area contributed by atoms with Crippen LogP contribution in [0.3, 0.4) is 0 Å². The number of benzene rings is 1. The summed E-state index contributed by atoms with van der Waals surface area (Å²) in [5.74, 6) is -0.198. The van der Waals surface area contributed by atoms with E-state index in [9.17, 15) is 18.4 Å². The predicted molar refractivity (Wildman–Crippen MR) is 113 cm³/mol. The number of hydrogen-bond donors (Lipinski definition) is 2. The van der Waals surface area contributed by atoms with E-state index in [0.29, 0.717) is 5.82 Å². The van der Waals surface area contributed by atoms with E-state index in [2.05, 4.69) is 20.0 Å². The summed E-state index contributed by atoms with van der Waals surface area (Å²) in [6.07, 6.45) is 0.201. The zero-order valence-electron chi connectivity index (χ0n) is 18.5. The molecule has 32 heavy (non-hydrogen) atoms. The van der Waals surface area contributed by atoms with Crippen molar-refractivity contribution < 1.29 is 27.8 Å². The number of halogens is 2. The number of ether oxygens (including phenoxy) is 2. The first-order valence-electron chi connectivity index (χ1n) is 10.4. The van der Waals surface area contributed by atoms with Gasteiger partial charge in [0, 0.05) is 13.0 Å². The molecule has 0 saturated carbocycles. The average Bonchev–Trinajstić information content (AvgIpc) is 3.38. The van der Waals surface area contributed by atoms with Crippen LogP contribution in [-0.4, -0.2) is 59.3 Å². The molecule has 1 aromatic carbocycles. The molecule has 1 saturated heterocycles. The van der Waals surface area contributed by atoms with Crippen molar-refractivity contribution in [1.82, 2.24) is 20.2 Å². The van der Waals surface area contributed by atoms with E-state index in [1.54, 1.807) is 20.0 Å². The standard InChI is InChI=1S/C22H28F2N4O4/c1-12(2)18(27-22(30)31-4)20(29)28-11-15(32-21(23)24)9-17(28)19-25-10-16(26-19)14-7-5-13(3)6-8-14/h5-8,10,12,15,17-18,21H,9,11H2,1-4H3,(H,25,26)(H,27,30). The molecule has 3 atom stereocenters. The maximum Gasteiger partial charge on any atom is 0.407 e. The smallest absolute Gasteiger partial charge is 0.407 e. The highest BCUT2D eigenvalue weighted by atomic mass is 19.3. The first-order chi connectivity index (χ1) is 15.2. The summed E-state index contributed by atoms with van der Waals surface area (Å²) in [6, 6.07) is 6.34. The van der Waals surface area contributed by atoms with Crippen molar-refractivity contribution in [3.63, 3.8) is 0 Å². The number of amides is 2. The normalized spacial score (nSPS) is 19.4. The summed E-state index contributed by atoms with van der Waals surface area (Å²) >= 11 is 0. The Morgan fingerprint density at radius 3 is 2.53 bits per heavy atom. The number of alkyl carbamates (subject to hydrolysis) is 1. The highest BCUT2D eigenvalue weighted by Gasteiger charge is 2.42. The van der Waals surface area contributed by atoms with Gasteiger partial charge in [0.2, 0.25) is 5.91 Å². The predicted octanol–water partition coefficient (Wildman–Crippen LogP) is 3.65. The highest BCUT2D eigenvalue weighted by Crippen LogP contribution is 2.35. The Morgan fingerprint density at radius 1 is 1.25 bits per heavy atom. The summed E-state index contributed by atoms with van der Waals surface area (Å²) in [7, 11) is 1.21. The number of carbonyl (C=O) groups excluding carboxylic acids is 2. The molecule has 0 spiro atoms. The number of methoxy groups -OCH3 is 1. The molecule has 174 valence electrons. The van der Waals surface area contributed by atoms with E-state index >= 15 is 0 Å². The summed E-state index contributed by atoms with van der Waals surface area (Å²) in [6.45, 7) is 2.55. The number of alkyl halides is 2. The SMILES string of the molecule is COC(=O)NC(C(=O)N1CC(OC(F)F)CC1c1ncc(-c2ccc(C)cc2)[nH]1)C(C)C. The number of aromatic amines is 1. The number of likely N-dealkylation sites (tertiary alicyclic amines) is 1. The van der Waals surface area contributed by atoms with Crippen LogP contribution in [0.15, 0.2) is 30.5 Å². The lowest BCUT2D eigenvalue weighted by Crippen LogP contribution is -2.51. The monoisotopic (exact) mass is 450 g/mol. The first-order valence-corrected chi connectivity index (χ1v) is 10.4. The molecule has 0 bridgehead atoms. The van der Waals surface area contributed by atoms with Crippen molar-refractivity contribution in [2.75, 3.05) is 13.7 Å². The Morgan fingerprint density at radius 2 is 1.94 bits per heavy atom. The molecule has 0 radical (unpaired) electrons. The minimum absolute atomic E-state index is 0.0412. The van der Waals surface area contributed by atoms with Crippen LogP contribution in [-0.2, 0) is 14.3 Å². The fourth-order valence-corrected chi connectivity index (χ4v) is 3.81. The van der Waals surface area contributed by atoms with E-state index in [1.165, 1.54) is 12.0 Å². The Bertz CT molecular complexity index is 932. The zero-order valence-corrected chi connectivity index (χ0v) is 18.5. The largest absolute Gasteiger partial charge is 0.453 e. The molecule has 1 aliphatic heterocycles. The molecule has 2 amide bonds. The number of aryl methyl sites for hydroxylation is 1. The molecule has 10 heteroatoms. The quantitative estimate of drug-likeness (QED) is 0.671. The second-order valence-corrected chi connectivity index (χ2v) is 8.17. The van der Waals surface area contributed by atoms with Gasteiger partial charge in [-0.25, -0.2) is 9.78 Å². The molecule has 3 unspecified atom stereocenters. The van der Waals surface area contributed by atoms with E-state index in [4.69, 9.17) is 4.74 Å². The van der Waals surface area contributed by atoms with Gasteiger partial charge in [-0.15, -0.1) is 0 Å². The Balaban J connectivity index is 1.88. The summed E-state index contributed by atoms with van der Waals surface area (Å²) < 4.78 is 35.1. The lowest BCUT2D eigenvalue weighted by Gasteiger charge is -2.29. The summed E-state index contributed by atoms with van der Waals surface area (Å²) in [5.41, 5.74) is 2.78. The zero-order chi connectivity index (χ0) is 23.4. The number of H-pyrrole nitrogens is 1. The van der Waals surface area contributed by atoms with Crippen molar-refractivity contribution in [2.24, 2.45) is 5.92 Å². The molecular weight excluding hydrogens is 422 g/mol. The number of aromatic nitrogens is 2. The van der Waals surface area contributed by atoms with E-state index < -0.39 is 36.8 Å². The van der Waals surface area contributed by atoms with Gasteiger partial charge in [-0.2, -0.15) is 8.78 Å². The van der Waals surface area contributed by atoms with E-state index in [-0.39, 0.29) is 18.9 Å². The third kappa shape index (κ3) is 5.42. The number of hydrogen-bond acceptors (Lipinski definition) is 5. The van der Waals surface area contributed by atoms with Gasteiger partial charge >= 0.3 is 12.7 Å². The third-order valence-corrected chi connectivity index (χ3v) is 5.51. The van der Waals surface area contributed by atoms with Crippen LogP contribution >= 0.6 is 0 Å². The van der Waals surface area contributed by atoms with Gasteiger partial charge in [0.25, 0.3) is 0 Å². The lowest BCUT2D eigenvalue weighted by atomic mass is 10.0. The van der Waals surface area contributed by atoms with E-state index in [0.717, 1.165) is 16.8 Å². The Labute approximate surface area is 185 Å². The van der Waals surface area contributed by atoms with Gasteiger partial charge in [0.1, 0.15) is 11.9 Å². The van der Waals surface area contributed by atoms with Gasteiger partial charge < -0.3 is 24.7 Å². The maximum atomic E-state index is 13.3. The van der Waals surface area contributed by atoms with Crippen molar-refractivity contribution in [2.45, 2.75) is 52.0 Å². The van der Waals surface area contributed by atoms with Gasteiger partial charge in [0.05, 0.1) is 31.1 Å². The fourth-order valence-electron chi connectivity index (χ4n) is 3.81. The number of imidazole rings is 1. The van der Waals surface area contributed by atoms with Crippen LogP contribution in [0.2, 0.25) is 0 Å². The van der Waals surface area contributed by atoms with Gasteiger partial charge in [-0.3, -0.25) is 4.79 Å². The second-order valence-electron chi connectivity index (χ2n) is 8.17. The average molecular weight is 450 g/mol. The number of nitrogens with zero attached hydrogens (tertiary/aromatic N) is 2. The van der Waals surface area contributed by atoms with E-state index in [1.807, 2.05) is 31.2 Å². The van der Waals surface area contributed by atoms with Crippen LogP contribution in [0, 0.1) is 12.8 Å². The van der Waals surface area contributed by atoms with Crippen molar-refractivity contribution in [1.29, 1.82) is 0 Å². The molecule has 2 N–H and O–H groups in total. The van der Waals surface area contributed by atoms with Crippen LogP contribution in [0.1, 0.15) is 37.7 Å². The fraction of sp³-hybridized carbons (Fsp3) is 0.500. The topological polar surface area (TPSA) is 96.6 Å². The third-order valence-electron chi connectivity index (χ3n) is 5.51. The summed E-state index contributed by atoms with van der Waals surface area (Å²) in [4.78, 5) is 34.1. The minimum atomic E-state index is -2.95. The molecule has 1 aliphatic rings. The molecule has 1 aromatic heterocycles. The number of carbonyl (C=O) groups is 2. The van der Waals surface area contributed by atoms with Gasteiger partial charge in [-0.1, -0.05) is 43.7 Å². The molecule has 3 rings (SSSR count).